The molecular weight excluding hydrogens is 432 g/mol. The van der Waals surface area contributed by atoms with Gasteiger partial charge in [-0.05, 0) is 52.7 Å². The summed E-state index contributed by atoms with van der Waals surface area (Å²) in [5.74, 6) is 0. The Bertz CT molecular complexity index is 551. The van der Waals surface area contributed by atoms with E-state index in [-0.39, 0.29) is 0 Å². The molecule has 2 aromatic rings. The number of rotatable bonds is 2. The van der Waals surface area contributed by atoms with Crippen LogP contribution in [-0.2, 0) is 0 Å². The van der Waals surface area contributed by atoms with Gasteiger partial charge in [-0.1, -0.05) is 31.9 Å². The third-order valence-electron chi connectivity index (χ3n) is 2.44. The van der Waals surface area contributed by atoms with Crippen molar-refractivity contribution in [3.8, 4) is 0 Å². The average Bonchev–Trinajstić information content (AvgIpc) is 2.69. The van der Waals surface area contributed by atoms with Crippen molar-refractivity contribution in [2.45, 2.75) is 13.0 Å². The Morgan fingerprint density at radius 3 is 2.41 bits per heavy atom. The second-order valence-corrected chi connectivity index (χ2v) is 7.87. The van der Waals surface area contributed by atoms with Crippen LogP contribution in [0.2, 0.25) is 0 Å². The van der Waals surface area contributed by atoms with Crippen LogP contribution in [0.4, 0.5) is 0 Å². The molecule has 90 valence electrons. The zero-order valence-corrected chi connectivity index (χ0v) is 14.5. The van der Waals surface area contributed by atoms with Gasteiger partial charge >= 0.3 is 0 Å². The van der Waals surface area contributed by atoms with Crippen LogP contribution in [0, 0.1) is 6.92 Å². The second-order valence-electron chi connectivity index (χ2n) is 3.67. The van der Waals surface area contributed by atoms with Crippen LogP contribution in [-0.4, -0.2) is 5.11 Å². The first kappa shape index (κ1) is 13.7. The van der Waals surface area contributed by atoms with E-state index in [1.165, 1.54) is 11.3 Å². The Labute approximate surface area is 129 Å². The van der Waals surface area contributed by atoms with Crippen molar-refractivity contribution in [3.63, 3.8) is 0 Å². The summed E-state index contributed by atoms with van der Waals surface area (Å²) >= 11 is 11.9. The lowest BCUT2D eigenvalue weighted by atomic mass is 10.1. The number of thiophene rings is 1. The predicted molar refractivity (Wildman–Crippen MR) is 82.7 cm³/mol. The van der Waals surface area contributed by atoms with E-state index >= 15 is 0 Å². The monoisotopic (exact) mass is 438 g/mol. The van der Waals surface area contributed by atoms with E-state index in [1.807, 2.05) is 31.2 Å². The van der Waals surface area contributed by atoms with Crippen LogP contribution in [0.5, 0.6) is 0 Å². The number of aliphatic hydroxyl groups excluding tert-OH is 1. The Morgan fingerprint density at radius 2 is 1.82 bits per heavy atom. The SMILES string of the molecule is Cc1cc(Br)c(C(O)c2ccc(Br)s2)cc1Br. The van der Waals surface area contributed by atoms with Crippen molar-refractivity contribution >= 4 is 59.1 Å². The molecule has 0 aliphatic rings. The highest BCUT2D eigenvalue weighted by atomic mass is 79.9. The molecule has 0 bridgehead atoms. The van der Waals surface area contributed by atoms with Gasteiger partial charge in [0.05, 0.1) is 3.79 Å². The first-order chi connectivity index (χ1) is 7.99. The molecule has 1 atom stereocenters. The molecule has 0 spiro atoms. The second kappa shape index (κ2) is 5.53. The van der Waals surface area contributed by atoms with E-state index in [0.717, 1.165) is 28.7 Å². The van der Waals surface area contributed by atoms with Gasteiger partial charge in [-0.15, -0.1) is 11.3 Å². The summed E-state index contributed by atoms with van der Waals surface area (Å²) in [6, 6.07) is 7.84. The van der Waals surface area contributed by atoms with Crippen LogP contribution in [0.1, 0.15) is 22.1 Å². The van der Waals surface area contributed by atoms with E-state index in [0.29, 0.717) is 0 Å². The van der Waals surface area contributed by atoms with E-state index in [4.69, 9.17) is 0 Å². The zero-order valence-electron chi connectivity index (χ0n) is 8.88. The fourth-order valence-electron chi connectivity index (χ4n) is 1.50. The number of aliphatic hydroxyl groups is 1. The lowest BCUT2D eigenvalue weighted by Gasteiger charge is -2.13. The van der Waals surface area contributed by atoms with Crippen LogP contribution < -0.4 is 0 Å². The molecule has 0 fully saturated rings. The quantitative estimate of drug-likeness (QED) is 0.660. The molecule has 0 amide bonds. The summed E-state index contributed by atoms with van der Waals surface area (Å²) in [7, 11) is 0. The Balaban J connectivity index is 2.43. The highest BCUT2D eigenvalue weighted by Crippen LogP contribution is 2.36. The molecule has 0 saturated carbocycles. The van der Waals surface area contributed by atoms with Gasteiger partial charge in [-0.25, -0.2) is 0 Å². The van der Waals surface area contributed by atoms with Crippen molar-refractivity contribution in [1.82, 2.24) is 0 Å². The summed E-state index contributed by atoms with van der Waals surface area (Å²) in [6.45, 7) is 2.02. The minimum absolute atomic E-state index is 0.599. The Hall–Kier alpha value is 0.320. The first-order valence-corrected chi connectivity index (χ1v) is 8.07. The zero-order chi connectivity index (χ0) is 12.6. The molecule has 2 rings (SSSR count). The lowest BCUT2D eigenvalue weighted by Crippen LogP contribution is -1.99. The molecule has 1 nitrogen and oxygen atoms in total. The summed E-state index contributed by atoms with van der Waals surface area (Å²) in [5, 5.41) is 10.3. The molecule has 0 aliphatic heterocycles. The molecule has 0 aliphatic carbocycles. The average molecular weight is 441 g/mol. The van der Waals surface area contributed by atoms with Crippen molar-refractivity contribution in [1.29, 1.82) is 0 Å². The minimum atomic E-state index is -0.599. The molecule has 1 aromatic carbocycles. The largest absolute Gasteiger partial charge is 0.383 e. The molecule has 1 unspecified atom stereocenters. The number of halogens is 3. The highest BCUT2D eigenvalue weighted by Gasteiger charge is 2.16. The maximum absolute atomic E-state index is 10.3. The fourth-order valence-corrected chi connectivity index (χ4v) is 3.96. The van der Waals surface area contributed by atoms with Crippen LogP contribution in [0.25, 0.3) is 0 Å². The minimum Gasteiger partial charge on any atom is -0.383 e. The highest BCUT2D eigenvalue weighted by molar-refractivity contribution is 9.11. The summed E-state index contributed by atoms with van der Waals surface area (Å²) in [5.41, 5.74) is 2.01. The summed E-state index contributed by atoms with van der Waals surface area (Å²) in [4.78, 5) is 0.924. The maximum Gasteiger partial charge on any atom is 0.114 e. The van der Waals surface area contributed by atoms with Gasteiger partial charge in [-0.2, -0.15) is 0 Å². The molecule has 0 radical (unpaired) electrons. The van der Waals surface area contributed by atoms with Gasteiger partial charge < -0.3 is 5.11 Å². The van der Waals surface area contributed by atoms with Crippen molar-refractivity contribution in [2.24, 2.45) is 0 Å². The van der Waals surface area contributed by atoms with E-state index in [1.54, 1.807) is 0 Å². The predicted octanol–water partition coefficient (Wildman–Crippen LogP) is 5.43. The van der Waals surface area contributed by atoms with Gasteiger partial charge in [0.15, 0.2) is 0 Å². The standard InChI is InChI=1S/C12H9Br3OS/c1-6-4-9(14)7(5-8(6)13)12(16)10-2-3-11(15)17-10/h2-5,12,16H,1H3. The smallest absolute Gasteiger partial charge is 0.114 e. The number of aryl methyl sites for hydroxylation is 1. The fraction of sp³-hybridized carbons (Fsp3) is 0.167. The van der Waals surface area contributed by atoms with E-state index in [2.05, 4.69) is 47.8 Å². The van der Waals surface area contributed by atoms with Gasteiger partial charge in [0.1, 0.15) is 6.10 Å². The van der Waals surface area contributed by atoms with Crippen LogP contribution in [0.15, 0.2) is 37.0 Å². The van der Waals surface area contributed by atoms with Gasteiger partial charge in [0, 0.05) is 19.4 Å². The summed E-state index contributed by atoms with van der Waals surface area (Å²) < 4.78 is 2.95. The molecular formula is C12H9Br3OS. The van der Waals surface area contributed by atoms with Gasteiger partial charge in [0.2, 0.25) is 0 Å². The Kier molecular flexibility index (Phi) is 4.47. The van der Waals surface area contributed by atoms with Crippen molar-refractivity contribution in [3.05, 3.63) is 53.0 Å². The van der Waals surface area contributed by atoms with Crippen LogP contribution in [0.3, 0.4) is 0 Å². The topological polar surface area (TPSA) is 20.2 Å². The molecule has 1 N–H and O–H groups in total. The molecule has 1 aromatic heterocycles. The van der Waals surface area contributed by atoms with Gasteiger partial charge in [0.25, 0.3) is 0 Å². The molecule has 5 heteroatoms. The number of hydrogen-bond acceptors (Lipinski definition) is 2. The molecule has 17 heavy (non-hydrogen) atoms. The molecule has 0 saturated heterocycles. The third-order valence-corrected chi connectivity index (χ3v) is 5.65. The molecule has 1 heterocycles. The van der Waals surface area contributed by atoms with E-state index in [9.17, 15) is 5.11 Å². The number of benzene rings is 1. The number of hydrogen-bond donors (Lipinski definition) is 1. The van der Waals surface area contributed by atoms with E-state index < -0.39 is 6.10 Å². The Morgan fingerprint density at radius 1 is 1.12 bits per heavy atom. The normalized spacial score (nSPS) is 12.8. The first-order valence-electron chi connectivity index (χ1n) is 4.88. The lowest BCUT2D eigenvalue weighted by molar-refractivity contribution is 0.223. The van der Waals surface area contributed by atoms with Crippen LogP contribution >= 0.6 is 59.1 Å². The summed E-state index contributed by atoms with van der Waals surface area (Å²) in [6.07, 6.45) is -0.599. The van der Waals surface area contributed by atoms with Crippen molar-refractivity contribution < 1.29 is 5.11 Å². The third kappa shape index (κ3) is 3.01. The maximum atomic E-state index is 10.3. The van der Waals surface area contributed by atoms with Gasteiger partial charge in [-0.3, -0.25) is 0 Å². The van der Waals surface area contributed by atoms with Crippen molar-refractivity contribution in [2.75, 3.05) is 0 Å².